The van der Waals surface area contributed by atoms with Crippen LogP contribution < -0.4 is 5.73 Å². The molecule has 0 aromatic heterocycles. The molecule has 0 amide bonds. The molecule has 1 fully saturated rings. The number of unbranched alkanes of at least 4 members (excludes halogenated alkanes) is 1. The summed E-state index contributed by atoms with van der Waals surface area (Å²) in [7, 11) is 0. The van der Waals surface area contributed by atoms with Crippen molar-refractivity contribution in [2.75, 3.05) is 0 Å². The Labute approximate surface area is 125 Å². The molecule has 1 saturated carbocycles. The van der Waals surface area contributed by atoms with Crippen LogP contribution in [0, 0.1) is 19.8 Å². The molecule has 1 aromatic carbocycles. The largest absolute Gasteiger partial charge is 0.325 e. The summed E-state index contributed by atoms with van der Waals surface area (Å²) in [5, 5.41) is 0. The number of hydrogen-bond acceptors (Lipinski definition) is 1. The maximum Gasteiger partial charge on any atom is 0.0195 e. The lowest BCUT2D eigenvalue weighted by Crippen LogP contribution is -2.45. The van der Waals surface area contributed by atoms with Gasteiger partial charge in [0.15, 0.2) is 0 Å². The standard InChI is InChI=1S/C19H31N/c1-4-5-6-17-9-11-19(20,12-10-17)14-18-13-15(2)7-8-16(18)3/h7-8,13,17H,4-6,9-12,14,20H2,1-3H3. The predicted molar refractivity (Wildman–Crippen MR) is 88.0 cm³/mol. The summed E-state index contributed by atoms with van der Waals surface area (Å²) in [6.07, 6.45) is 10.3. The number of rotatable bonds is 5. The van der Waals surface area contributed by atoms with Gasteiger partial charge in [-0.1, -0.05) is 49.9 Å². The summed E-state index contributed by atoms with van der Waals surface area (Å²) in [5.41, 5.74) is 11.0. The number of hydrogen-bond donors (Lipinski definition) is 1. The zero-order valence-corrected chi connectivity index (χ0v) is 13.5. The van der Waals surface area contributed by atoms with Gasteiger partial charge in [-0.25, -0.2) is 0 Å². The lowest BCUT2D eigenvalue weighted by molar-refractivity contribution is 0.221. The molecule has 0 saturated heterocycles. The van der Waals surface area contributed by atoms with Crippen molar-refractivity contribution in [3.63, 3.8) is 0 Å². The van der Waals surface area contributed by atoms with Gasteiger partial charge in [-0.3, -0.25) is 0 Å². The van der Waals surface area contributed by atoms with E-state index in [1.54, 1.807) is 0 Å². The minimum Gasteiger partial charge on any atom is -0.325 e. The highest BCUT2D eigenvalue weighted by molar-refractivity contribution is 5.32. The Hall–Kier alpha value is -0.820. The van der Waals surface area contributed by atoms with E-state index in [-0.39, 0.29) is 5.54 Å². The van der Waals surface area contributed by atoms with Crippen LogP contribution in [-0.2, 0) is 6.42 Å². The van der Waals surface area contributed by atoms with Gasteiger partial charge in [0.2, 0.25) is 0 Å². The van der Waals surface area contributed by atoms with E-state index in [0.717, 1.165) is 12.3 Å². The van der Waals surface area contributed by atoms with Gasteiger partial charge in [0.1, 0.15) is 0 Å². The van der Waals surface area contributed by atoms with Crippen molar-refractivity contribution in [3.05, 3.63) is 34.9 Å². The topological polar surface area (TPSA) is 26.0 Å². The normalized spacial score (nSPS) is 26.7. The van der Waals surface area contributed by atoms with Crippen LogP contribution in [0.5, 0.6) is 0 Å². The monoisotopic (exact) mass is 273 g/mol. The first-order valence-electron chi connectivity index (χ1n) is 8.37. The summed E-state index contributed by atoms with van der Waals surface area (Å²) < 4.78 is 0. The fraction of sp³-hybridized carbons (Fsp3) is 0.684. The lowest BCUT2D eigenvalue weighted by Gasteiger charge is -2.38. The van der Waals surface area contributed by atoms with Gasteiger partial charge in [-0.15, -0.1) is 0 Å². The third kappa shape index (κ3) is 4.09. The van der Waals surface area contributed by atoms with Gasteiger partial charge in [0.25, 0.3) is 0 Å². The van der Waals surface area contributed by atoms with Crippen molar-refractivity contribution in [2.24, 2.45) is 11.7 Å². The molecule has 0 atom stereocenters. The minimum atomic E-state index is 0.0429. The average molecular weight is 273 g/mol. The molecule has 0 bridgehead atoms. The van der Waals surface area contributed by atoms with Crippen LogP contribution in [0.3, 0.4) is 0 Å². The van der Waals surface area contributed by atoms with Crippen LogP contribution in [0.25, 0.3) is 0 Å². The zero-order chi connectivity index (χ0) is 14.6. The smallest absolute Gasteiger partial charge is 0.0195 e. The Kier molecular flexibility index (Phi) is 5.26. The van der Waals surface area contributed by atoms with Crippen LogP contribution >= 0.6 is 0 Å². The van der Waals surface area contributed by atoms with Crippen molar-refractivity contribution in [1.82, 2.24) is 0 Å². The minimum absolute atomic E-state index is 0.0429. The molecule has 0 heterocycles. The summed E-state index contributed by atoms with van der Waals surface area (Å²) in [6, 6.07) is 6.76. The average Bonchev–Trinajstić information content (AvgIpc) is 2.42. The van der Waals surface area contributed by atoms with Crippen molar-refractivity contribution in [3.8, 4) is 0 Å². The summed E-state index contributed by atoms with van der Waals surface area (Å²) in [4.78, 5) is 0. The van der Waals surface area contributed by atoms with Crippen molar-refractivity contribution < 1.29 is 0 Å². The van der Waals surface area contributed by atoms with E-state index in [2.05, 4.69) is 39.0 Å². The molecule has 1 aliphatic carbocycles. The molecule has 20 heavy (non-hydrogen) atoms. The Morgan fingerprint density at radius 3 is 2.55 bits per heavy atom. The van der Waals surface area contributed by atoms with Crippen LogP contribution in [0.1, 0.15) is 68.6 Å². The molecule has 0 aliphatic heterocycles. The Morgan fingerprint density at radius 1 is 1.20 bits per heavy atom. The van der Waals surface area contributed by atoms with Crippen LogP contribution in [0.4, 0.5) is 0 Å². The quantitative estimate of drug-likeness (QED) is 0.809. The molecule has 2 rings (SSSR count). The third-order valence-electron chi connectivity index (χ3n) is 5.11. The van der Waals surface area contributed by atoms with Crippen molar-refractivity contribution >= 4 is 0 Å². The van der Waals surface area contributed by atoms with Gasteiger partial charge in [-0.05, 0) is 63.0 Å². The second-order valence-electron chi connectivity index (χ2n) is 7.05. The summed E-state index contributed by atoms with van der Waals surface area (Å²) >= 11 is 0. The van der Waals surface area contributed by atoms with Gasteiger partial charge in [0, 0.05) is 5.54 Å². The van der Waals surface area contributed by atoms with Crippen molar-refractivity contribution in [2.45, 2.75) is 77.7 Å². The number of nitrogens with two attached hydrogens (primary N) is 1. The van der Waals surface area contributed by atoms with Gasteiger partial charge < -0.3 is 5.73 Å². The second kappa shape index (κ2) is 6.76. The molecule has 0 spiro atoms. The lowest BCUT2D eigenvalue weighted by atomic mass is 9.72. The van der Waals surface area contributed by atoms with Crippen LogP contribution in [0.15, 0.2) is 18.2 Å². The Balaban J connectivity index is 1.94. The van der Waals surface area contributed by atoms with E-state index in [4.69, 9.17) is 5.73 Å². The van der Waals surface area contributed by atoms with E-state index in [0.29, 0.717) is 0 Å². The Bertz CT molecular complexity index is 427. The van der Waals surface area contributed by atoms with Gasteiger partial charge >= 0.3 is 0 Å². The van der Waals surface area contributed by atoms with Crippen molar-refractivity contribution in [1.29, 1.82) is 0 Å². The van der Waals surface area contributed by atoms with E-state index < -0.39 is 0 Å². The number of aryl methyl sites for hydroxylation is 2. The van der Waals surface area contributed by atoms with E-state index >= 15 is 0 Å². The first kappa shape index (κ1) is 15.6. The molecule has 112 valence electrons. The maximum absolute atomic E-state index is 6.70. The molecular weight excluding hydrogens is 242 g/mol. The maximum atomic E-state index is 6.70. The van der Waals surface area contributed by atoms with Crippen LogP contribution in [0.2, 0.25) is 0 Å². The molecular formula is C19H31N. The number of benzene rings is 1. The zero-order valence-electron chi connectivity index (χ0n) is 13.5. The SMILES string of the molecule is CCCCC1CCC(N)(Cc2cc(C)ccc2C)CC1. The highest BCUT2D eigenvalue weighted by atomic mass is 14.7. The fourth-order valence-electron chi connectivity index (χ4n) is 3.58. The summed E-state index contributed by atoms with van der Waals surface area (Å²) in [6.45, 7) is 6.68. The highest BCUT2D eigenvalue weighted by Crippen LogP contribution is 2.35. The van der Waals surface area contributed by atoms with Gasteiger partial charge in [-0.2, -0.15) is 0 Å². The molecule has 1 heteroatoms. The fourth-order valence-corrected chi connectivity index (χ4v) is 3.58. The summed E-state index contributed by atoms with van der Waals surface area (Å²) in [5.74, 6) is 0.935. The van der Waals surface area contributed by atoms with Gasteiger partial charge in [0.05, 0.1) is 0 Å². The van der Waals surface area contributed by atoms with E-state index in [1.165, 1.54) is 61.6 Å². The third-order valence-corrected chi connectivity index (χ3v) is 5.11. The first-order chi connectivity index (χ1) is 9.52. The highest BCUT2D eigenvalue weighted by Gasteiger charge is 2.31. The molecule has 0 unspecified atom stereocenters. The predicted octanol–water partition coefficient (Wildman–Crippen LogP) is 4.92. The molecule has 1 aliphatic rings. The molecule has 2 N–H and O–H groups in total. The Morgan fingerprint density at radius 2 is 1.90 bits per heavy atom. The second-order valence-corrected chi connectivity index (χ2v) is 7.05. The van der Waals surface area contributed by atoms with E-state index in [1.807, 2.05) is 0 Å². The van der Waals surface area contributed by atoms with E-state index in [9.17, 15) is 0 Å². The molecule has 1 aromatic rings. The van der Waals surface area contributed by atoms with Crippen LogP contribution in [-0.4, -0.2) is 5.54 Å². The first-order valence-corrected chi connectivity index (χ1v) is 8.37. The molecule has 0 radical (unpaired) electrons. The molecule has 1 nitrogen and oxygen atoms in total.